The van der Waals surface area contributed by atoms with Crippen LogP contribution in [0.5, 0.6) is 0 Å². The van der Waals surface area contributed by atoms with Crippen molar-refractivity contribution in [3.05, 3.63) is 71.8 Å². The third-order valence-electron chi connectivity index (χ3n) is 5.24. The normalized spacial score (nSPS) is 14.7. The van der Waals surface area contributed by atoms with Gasteiger partial charge >= 0.3 is 0 Å². The van der Waals surface area contributed by atoms with Crippen molar-refractivity contribution in [2.75, 3.05) is 31.1 Å². The number of halogens is 2. The van der Waals surface area contributed by atoms with E-state index in [4.69, 9.17) is 0 Å². The summed E-state index contributed by atoms with van der Waals surface area (Å²) in [5.41, 5.74) is 0.871. The molecule has 3 aromatic carbocycles. The number of nitrogens with zero attached hydrogens (tertiary/aromatic N) is 3. The molecule has 0 spiro atoms. The molecule has 1 aromatic heterocycles. The second-order valence-electron chi connectivity index (χ2n) is 7.07. The molecule has 1 amide bonds. The molecule has 4 aromatic rings. The zero-order chi connectivity index (χ0) is 20.0. The SMILES string of the molecule is O=C(c1ccc2ccccc2c1)N1CCN(c2nc3c(F)cc(F)cc3s2)CC1. The highest BCUT2D eigenvalue weighted by molar-refractivity contribution is 7.22. The van der Waals surface area contributed by atoms with Gasteiger partial charge in [-0.05, 0) is 29.0 Å². The van der Waals surface area contributed by atoms with Gasteiger partial charge in [-0.1, -0.05) is 41.7 Å². The summed E-state index contributed by atoms with van der Waals surface area (Å²) in [6, 6.07) is 15.9. The number of rotatable bonds is 2. The van der Waals surface area contributed by atoms with Gasteiger partial charge in [0.25, 0.3) is 5.91 Å². The minimum absolute atomic E-state index is 0.00724. The van der Waals surface area contributed by atoms with E-state index in [9.17, 15) is 13.6 Å². The minimum Gasteiger partial charge on any atom is -0.345 e. The van der Waals surface area contributed by atoms with E-state index in [0.29, 0.717) is 41.6 Å². The van der Waals surface area contributed by atoms with E-state index in [1.165, 1.54) is 17.4 Å². The van der Waals surface area contributed by atoms with Crippen LogP contribution in [0.3, 0.4) is 0 Å². The van der Waals surface area contributed by atoms with E-state index in [2.05, 4.69) is 4.98 Å². The fourth-order valence-electron chi connectivity index (χ4n) is 3.69. The fourth-order valence-corrected chi connectivity index (χ4v) is 4.74. The number of anilines is 1. The number of amides is 1. The van der Waals surface area contributed by atoms with Gasteiger partial charge in [0.15, 0.2) is 10.9 Å². The lowest BCUT2D eigenvalue weighted by Crippen LogP contribution is -2.48. The molecule has 0 bridgehead atoms. The first-order valence-electron chi connectivity index (χ1n) is 9.37. The average Bonchev–Trinajstić information content (AvgIpc) is 3.17. The van der Waals surface area contributed by atoms with Crippen molar-refractivity contribution in [2.45, 2.75) is 0 Å². The monoisotopic (exact) mass is 409 g/mol. The van der Waals surface area contributed by atoms with Gasteiger partial charge in [-0.3, -0.25) is 4.79 Å². The van der Waals surface area contributed by atoms with E-state index in [1.807, 2.05) is 52.3 Å². The van der Waals surface area contributed by atoms with Crippen molar-refractivity contribution in [2.24, 2.45) is 0 Å². The van der Waals surface area contributed by atoms with E-state index in [0.717, 1.165) is 16.8 Å². The first-order chi connectivity index (χ1) is 14.1. The number of thiazole rings is 1. The van der Waals surface area contributed by atoms with Crippen LogP contribution in [0.2, 0.25) is 0 Å². The summed E-state index contributed by atoms with van der Waals surface area (Å²) in [5.74, 6) is -1.24. The highest BCUT2D eigenvalue weighted by Gasteiger charge is 2.24. The molecule has 0 saturated carbocycles. The van der Waals surface area contributed by atoms with Crippen LogP contribution in [0.15, 0.2) is 54.6 Å². The van der Waals surface area contributed by atoms with E-state index in [-0.39, 0.29) is 11.4 Å². The van der Waals surface area contributed by atoms with Crippen LogP contribution in [0.25, 0.3) is 21.0 Å². The molecule has 7 heteroatoms. The van der Waals surface area contributed by atoms with Crippen molar-refractivity contribution in [1.82, 2.24) is 9.88 Å². The molecule has 0 unspecified atom stereocenters. The highest BCUT2D eigenvalue weighted by Crippen LogP contribution is 2.31. The number of fused-ring (bicyclic) bond motifs is 2. The molecule has 146 valence electrons. The van der Waals surface area contributed by atoms with Gasteiger partial charge in [0.2, 0.25) is 0 Å². The molecule has 0 aliphatic carbocycles. The van der Waals surface area contributed by atoms with Crippen LogP contribution < -0.4 is 4.90 Å². The smallest absolute Gasteiger partial charge is 0.253 e. The number of hydrogen-bond acceptors (Lipinski definition) is 4. The van der Waals surface area contributed by atoms with Gasteiger partial charge in [-0.25, -0.2) is 13.8 Å². The Kier molecular flexibility index (Phi) is 4.39. The molecule has 5 rings (SSSR count). The van der Waals surface area contributed by atoms with Gasteiger partial charge in [-0.2, -0.15) is 0 Å². The topological polar surface area (TPSA) is 36.4 Å². The molecule has 1 aliphatic rings. The van der Waals surface area contributed by atoms with Gasteiger partial charge in [-0.15, -0.1) is 0 Å². The Bertz CT molecular complexity index is 1230. The maximum Gasteiger partial charge on any atom is 0.253 e. The van der Waals surface area contributed by atoms with Crippen molar-refractivity contribution >= 4 is 43.4 Å². The van der Waals surface area contributed by atoms with Crippen molar-refractivity contribution in [3.63, 3.8) is 0 Å². The molecule has 1 aliphatic heterocycles. The number of carbonyl (C=O) groups is 1. The molecule has 0 radical (unpaired) electrons. The minimum atomic E-state index is -0.646. The van der Waals surface area contributed by atoms with Crippen LogP contribution in [-0.2, 0) is 0 Å². The molecule has 1 fully saturated rings. The number of benzene rings is 3. The summed E-state index contributed by atoms with van der Waals surface area (Å²) in [5, 5.41) is 2.80. The van der Waals surface area contributed by atoms with Crippen LogP contribution in [0, 0.1) is 11.6 Å². The van der Waals surface area contributed by atoms with Crippen molar-refractivity contribution in [1.29, 1.82) is 0 Å². The summed E-state index contributed by atoms with van der Waals surface area (Å²) in [6.45, 7) is 2.31. The summed E-state index contributed by atoms with van der Waals surface area (Å²) < 4.78 is 27.8. The van der Waals surface area contributed by atoms with Crippen LogP contribution in [0.1, 0.15) is 10.4 Å². The number of carbonyl (C=O) groups excluding carboxylic acids is 1. The Hall–Kier alpha value is -3.06. The molecular weight excluding hydrogens is 392 g/mol. The van der Waals surface area contributed by atoms with Crippen LogP contribution in [0.4, 0.5) is 13.9 Å². The van der Waals surface area contributed by atoms with Gasteiger partial charge in [0.05, 0.1) is 4.70 Å². The second kappa shape index (κ2) is 7.08. The van der Waals surface area contributed by atoms with Gasteiger partial charge < -0.3 is 9.80 Å². The molecule has 1 saturated heterocycles. The zero-order valence-corrected chi connectivity index (χ0v) is 16.3. The average molecular weight is 409 g/mol. The Balaban J connectivity index is 1.32. The second-order valence-corrected chi connectivity index (χ2v) is 8.08. The Morgan fingerprint density at radius 1 is 0.931 bits per heavy atom. The Morgan fingerprint density at radius 3 is 2.48 bits per heavy atom. The summed E-state index contributed by atoms with van der Waals surface area (Å²) in [4.78, 5) is 21.1. The first kappa shape index (κ1) is 18.0. The lowest BCUT2D eigenvalue weighted by molar-refractivity contribution is 0.0747. The predicted molar refractivity (Wildman–Crippen MR) is 112 cm³/mol. The van der Waals surface area contributed by atoms with Crippen molar-refractivity contribution < 1.29 is 13.6 Å². The lowest BCUT2D eigenvalue weighted by atomic mass is 10.1. The maximum atomic E-state index is 13.9. The van der Waals surface area contributed by atoms with E-state index in [1.54, 1.807) is 0 Å². The third-order valence-corrected chi connectivity index (χ3v) is 6.30. The van der Waals surface area contributed by atoms with E-state index >= 15 is 0 Å². The molecule has 29 heavy (non-hydrogen) atoms. The lowest BCUT2D eigenvalue weighted by Gasteiger charge is -2.34. The fraction of sp³-hybridized carbons (Fsp3) is 0.182. The van der Waals surface area contributed by atoms with Gasteiger partial charge in [0.1, 0.15) is 11.3 Å². The first-order valence-corrected chi connectivity index (χ1v) is 10.2. The molecule has 4 nitrogen and oxygen atoms in total. The quantitative estimate of drug-likeness (QED) is 0.482. The van der Waals surface area contributed by atoms with Crippen molar-refractivity contribution in [3.8, 4) is 0 Å². The van der Waals surface area contributed by atoms with Crippen LogP contribution in [-0.4, -0.2) is 42.0 Å². The van der Waals surface area contributed by atoms with Crippen LogP contribution >= 0.6 is 11.3 Å². The predicted octanol–water partition coefficient (Wildman–Crippen LogP) is 4.69. The Labute approximate surface area is 170 Å². The molecule has 2 heterocycles. The molecule has 0 N–H and O–H groups in total. The Morgan fingerprint density at radius 2 is 1.69 bits per heavy atom. The van der Waals surface area contributed by atoms with E-state index < -0.39 is 11.6 Å². The number of hydrogen-bond donors (Lipinski definition) is 0. The molecular formula is C22H17F2N3OS. The summed E-state index contributed by atoms with van der Waals surface area (Å²) >= 11 is 1.27. The maximum absolute atomic E-state index is 13.9. The number of aromatic nitrogens is 1. The summed E-state index contributed by atoms with van der Waals surface area (Å²) in [6.07, 6.45) is 0. The largest absolute Gasteiger partial charge is 0.345 e. The zero-order valence-electron chi connectivity index (χ0n) is 15.4. The number of piperazine rings is 1. The molecule has 0 atom stereocenters. The standard InChI is InChI=1S/C22H17F2N3OS/c23-17-12-18(24)20-19(13-17)29-22(25-20)27-9-7-26(8-10-27)21(28)16-6-5-14-3-1-2-4-15(14)11-16/h1-6,11-13H,7-10H2. The third kappa shape index (κ3) is 3.31. The van der Waals surface area contributed by atoms with Gasteiger partial charge in [0, 0.05) is 37.8 Å². The summed E-state index contributed by atoms with van der Waals surface area (Å²) in [7, 11) is 0. The highest BCUT2D eigenvalue weighted by atomic mass is 32.1.